The Labute approximate surface area is 154 Å². The molecule has 5 nitrogen and oxygen atoms in total. The van der Waals surface area contributed by atoms with Crippen LogP contribution in [0.5, 0.6) is 5.75 Å². The van der Waals surface area contributed by atoms with Gasteiger partial charge in [0.05, 0.1) is 11.6 Å². The number of para-hydroxylation sites is 1. The molecule has 0 heterocycles. The van der Waals surface area contributed by atoms with Crippen LogP contribution in [0.25, 0.3) is 5.76 Å². The molecule has 0 fully saturated rings. The van der Waals surface area contributed by atoms with Crippen molar-refractivity contribution in [3.05, 3.63) is 70.1 Å². The summed E-state index contributed by atoms with van der Waals surface area (Å²) in [7, 11) is 0. The van der Waals surface area contributed by atoms with Crippen molar-refractivity contribution in [2.24, 2.45) is 4.99 Å². The quantitative estimate of drug-likeness (QED) is 0.174. The van der Waals surface area contributed by atoms with Gasteiger partial charge >= 0.3 is 5.97 Å². The van der Waals surface area contributed by atoms with Crippen LogP contribution in [0, 0.1) is 29.1 Å². The molecule has 2 aromatic carbocycles. The van der Waals surface area contributed by atoms with E-state index in [1.54, 1.807) is 6.07 Å². The van der Waals surface area contributed by atoms with E-state index in [2.05, 4.69) is 4.99 Å². The minimum absolute atomic E-state index is 0.169. The Balaban J connectivity index is 2.59. The number of nitrogens with zero attached hydrogens (tertiary/aromatic N) is 1. The summed E-state index contributed by atoms with van der Waals surface area (Å²) in [5.41, 5.74) is -2.75. The van der Waals surface area contributed by atoms with Crippen molar-refractivity contribution in [2.75, 3.05) is 0 Å². The zero-order chi connectivity index (χ0) is 21.2. The third-order valence-corrected chi connectivity index (χ3v) is 3.75. The number of halogens is 5. The minimum Gasteiger partial charge on any atom is -0.508 e. The molecule has 0 amide bonds. The number of phenols is 1. The van der Waals surface area contributed by atoms with E-state index in [1.807, 2.05) is 0 Å². The Kier molecular flexibility index (Phi) is 6.02. The van der Waals surface area contributed by atoms with Crippen molar-refractivity contribution in [2.45, 2.75) is 13.0 Å². The van der Waals surface area contributed by atoms with Crippen LogP contribution >= 0.6 is 0 Å². The predicted molar refractivity (Wildman–Crippen MR) is 88.4 cm³/mol. The molecule has 0 aliphatic heterocycles. The van der Waals surface area contributed by atoms with E-state index in [4.69, 9.17) is 5.11 Å². The van der Waals surface area contributed by atoms with E-state index in [0.29, 0.717) is 6.21 Å². The fourth-order valence-electron chi connectivity index (χ4n) is 2.27. The molecule has 0 saturated heterocycles. The predicted octanol–water partition coefficient (Wildman–Crippen LogP) is 4.27. The molecule has 10 heteroatoms. The third kappa shape index (κ3) is 3.80. The lowest BCUT2D eigenvalue weighted by molar-refractivity contribution is -0.132. The van der Waals surface area contributed by atoms with Gasteiger partial charge in [-0.15, -0.1) is 0 Å². The minimum atomic E-state index is -2.45. The highest BCUT2D eigenvalue weighted by molar-refractivity contribution is 6.14. The first-order valence-corrected chi connectivity index (χ1v) is 7.57. The lowest BCUT2D eigenvalue weighted by Crippen LogP contribution is -2.12. The SMILES string of the molecule is C[C@H](N=CC(C(=O)O)=C(O)c1c(F)c(F)c(F)c(F)c1F)c1ccccc1O. The van der Waals surface area contributed by atoms with Crippen LogP contribution in [-0.2, 0) is 4.79 Å². The smallest absolute Gasteiger partial charge is 0.341 e. The standard InChI is InChI=1S/C18H12F5NO4/c1-7(8-4-2-3-5-10(8)25)24-6-9(18(27)28)17(26)11-12(19)14(21)16(23)15(22)13(11)20/h2-7,25-26H,1H3,(H,27,28)/t7-/m0/s1. The number of rotatable bonds is 5. The molecule has 0 unspecified atom stereocenters. The number of carboxylic acid groups (broad SMARTS) is 1. The van der Waals surface area contributed by atoms with Gasteiger partial charge < -0.3 is 15.3 Å². The number of hydrogen-bond acceptors (Lipinski definition) is 4. The van der Waals surface area contributed by atoms with Crippen LogP contribution in [0.3, 0.4) is 0 Å². The Morgan fingerprint density at radius 2 is 1.46 bits per heavy atom. The average molecular weight is 401 g/mol. The molecule has 2 aromatic rings. The van der Waals surface area contributed by atoms with E-state index in [-0.39, 0.29) is 11.3 Å². The Hall–Kier alpha value is -3.43. The molecule has 0 aliphatic rings. The van der Waals surface area contributed by atoms with Crippen molar-refractivity contribution in [1.82, 2.24) is 0 Å². The van der Waals surface area contributed by atoms with E-state index >= 15 is 0 Å². The summed E-state index contributed by atoms with van der Waals surface area (Å²) in [6.45, 7) is 1.43. The second-order valence-corrected chi connectivity index (χ2v) is 5.53. The number of phenolic OH excluding ortho intramolecular Hbond substituents is 1. The summed E-state index contributed by atoms with van der Waals surface area (Å²) < 4.78 is 67.3. The van der Waals surface area contributed by atoms with E-state index in [1.165, 1.54) is 25.1 Å². The molecule has 0 aromatic heterocycles. The summed E-state index contributed by atoms with van der Waals surface area (Å²) in [4.78, 5) is 15.1. The molecule has 2 rings (SSSR count). The molecule has 0 aliphatic carbocycles. The molecule has 0 bridgehead atoms. The van der Waals surface area contributed by atoms with Gasteiger partial charge in [0, 0.05) is 11.8 Å². The van der Waals surface area contributed by atoms with Crippen LogP contribution in [0.15, 0.2) is 34.8 Å². The Bertz CT molecular complexity index is 975. The lowest BCUT2D eigenvalue weighted by Gasteiger charge is -2.10. The molecule has 0 saturated carbocycles. The summed E-state index contributed by atoms with van der Waals surface area (Å²) in [5.74, 6) is -15.7. The third-order valence-electron chi connectivity index (χ3n) is 3.75. The van der Waals surface area contributed by atoms with Crippen molar-refractivity contribution < 1.29 is 42.1 Å². The molecule has 148 valence electrons. The maximum absolute atomic E-state index is 13.8. The normalized spacial score (nSPS) is 13.5. The first-order chi connectivity index (χ1) is 13.1. The highest BCUT2D eigenvalue weighted by atomic mass is 19.2. The van der Waals surface area contributed by atoms with Gasteiger partial charge in [-0.05, 0) is 13.0 Å². The van der Waals surface area contributed by atoms with Crippen LogP contribution in [0.4, 0.5) is 22.0 Å². The maximum atomic E-state index is 13.8. The largest absolute Gasteiger partial charge is 0.508 e. The summed E-state index contributed by atoms with van der Waals surface area (Å²) >= 11 is 0. The first-order valence-electron chi connectivity index (χ1n) is 7.57. The van der Waals surface area contributed by atoms with Gasteiger partial charge in [0.1, 0.15) is 17.1 Å². The maximum Gasteiger partial charge on any atom is 0.341 e. The fourth-order valence-corrected chi connectivity index (χ4v) is 2.27. The number of aliphatic imine (C=N–C) groups is 1. The number of hydrogen-bond donors (Lipinski definition) is 3. The highest BCUT2D eigenvalue weighted by Crippen LogP contribution is 2.30. The summed E-state index contributed by atoms with van der Waals surface area (Å²) in [5, 5.41) is 28.8. The summed E-state index contributed by atoms with van der Waals surface area (Å²) in [6.07, 6.45) is 0.493. The van der Waals surface area contributed by atoms with Crippen LogP contribution < -0.4 is 0 Å². The molecular weight excluding hydrogens is 389 g/mol. The highest BCUT2D eigenvalue weighted by Gasteiger charge is 2.30. The second-order valence-electron chi connectivity index (χ2n) is 5.53. The van der Waals surface area contributed by atoms with Gasteiger partial charge in [0.25, 0.3) is 0 Å². The monoisotopic (exact) mass is 401 g/mol. The van der Waals surface area contributed by atoms with Crippen LogP contribution in [0.1, 0.15) is 24.1 Å². The zero-order valence-electron chi connectivity index (χ0n) is 14.1. The number of aliphatic hydroxyl groups is 1. The topological polar surface area (TPSA) is 90.1 Å². The van der Waals surface area contributed by atoms with Crippen molar-refractivity contribution in [1.29, 1.82) is 0 Å². The molecule has 0 spiro atoms. The van der Waals surface area contributed by atoms with Crippen LogP contribution in [-0.4, -0.2) is 27.5 Å². The number of aromatic hydroxyl groups is 1. The Morgan fingerprint density at radius 1 is 0.964 bits per heavy atom. The number of benzene rings is 2. The van der Waals surface area contributed by atoms with Gasteiger partial charge in [0.15, 0.2) is 23.3 Å². The van der Waals surface area contributed by atoms with Gasteiger partial charge in [0.2, 0.25) is 5.82 Å². The number of aliphatic hydroxyl groups excluding tert-OH is 1. The van der Waals surface area contributed by atoms with Crippen molar-refractivity contribution in [3.8, 4) is 5.75 Å². The molecule has 28 heavy (non-hydrogen) atoms. The van der Waals surface area contributed by atoms with Crippen molar-refractivity contribution in [3.63, 3.8) is 0 Å². The summed E-state index contributed by atoms with van der Waals surface area (Å²) in [6, 6.07) is 5.01. The fraction of sp³-hybridized carbons (Fsp3) is 0.111. The van der Waals surface area contributed by atoms with Crippen LogP contribution in [0.2, 0.25) is 0 Å². The van der Waals surface area contributed by atoms with Gasteiger partial charge in [-0.3, -0.25) is 4.99 Å². The van der Waals surface area contributed by atoms with Crippen molar-refractivity contribution >= 4 is 17.9 Å². The zero-order valence-corrected chi connectivity index (χ0v) is 14.1. The molecule has 0 radical (unpaired) electrons. The van der Waals surface area contributed by atoms with E-state index < -0.39 is 58.0 Å². The first kappa shape index (κ1) is 20.9. The number of carboxylic acids is 1. The number of aliphatic carboxylic acids is 1. The van der Waals surface area contributed by atoms with E-state index in [0.717, 1.165) is 0 Å². The van der Waals surface area contributed by atoms with Gasteiger partial charge in [-0.1, -0.05) is 18.2 Å². The second kappa shape index (κ2) is 8.07. The van der Waals surface area contributed by atoms with Gasteiger partial charge in [-0.2, -0.15) is 0 Å². The Morgan fingerprint density at radius 3 is 1.96 bits per heavy atom. The van der Waals surface area contributed by atoms with Gasteiger partial charge in [-0.25, -0.2) is 26.7 Å². The lowest BCUT2D eigenvalue weighted by atomic mass is 10.1. The molecular formula is C18H12F5NO4. The number of carbonyl (C=O) groups is 1. The molecule has 1 atom stereocenters. The average Bonchev–Trinajstić information content (AvgIpc) is 2.65. The van der Waals surface area contributed by atoms with E-state index in [9.17, 15) is 37.0 Å². The molecule has 3 N–H and O–H groups in total.